The molecule has 0 spiro atoms. The highest BCUT2D eigenvalue weighted by Gasteiger charge is 2.20. The molecule has 2 rings (SSSR count). The van der Waals surface area contributed by atoms with Crippen LogP contribution in [0.3, 0.4) is 0 Å². The fraction of sp³-hybridized carbons (Fsp3) is 0.588. The summed E-state index contributed by atoms with van der Waals surface area (Å²) in [6, 6.07) is 7.14. The molecule has 0 aliphatic carbocycles. The summed E-state index contributed by atoms with van der Waals surface area (Å²) in [5, 5.41) is 15.5. The number of aliphatic imine (C=N–C) groups is 1. The van der Waals surface area contributed by atoms with Gasteiger partial charge in [-0.05, 0) is 37.5 Å². The van der Waals surface area contributed by atoms with Crippen LogP contribution in [0.15, 0.2) is 29.3 Å². The van der Waals surface area contributed by atoms with Gasteiger partial charge in [0.25, 0.3) is 0 Å². The van der Waals surface area contributed by atoms with Crippen LogP contribution in [-0.2, 0) is 6.54 Å². The maximum atomic E-state index is 12.9. The first-order chi connectivity index (χ1) is 11.2. The minimum atomic E-state index is -0.185. The Bertz CT molecular complexity index is 490. The van der Waals surface area contributed by atoms with Crippen LogP contribution in [0.2, 0.25) is 0 Å². The highest BCUT2D eigenvalue weighted by Crippen LogP contribution is 2.14. The van der Waals surface area contributed by atoms with E-state index in [0.29, 0.717) is 12.6 Å². The van der Waals surface area contributed by atoms with Crippen molar-refractivity contribution in [3.8, 4) is 0 Å². The van der Waals surface area contributed by atoms with Crippen molar-refractivity contribution in [2.45, 2.75) is 32.4 Å². The third kappa shape index (κ3) is 7.31. The van der Waals surface area contributed by atoms with Crippen LogP contribution in [0.1, 0.15) is 25.3 Å². The second-order valence-electron chi connectivity index (χ2n) is 5.81. The zero-order chi connectivity index (χ0) is 16.5. The first-order valence-corrected chi connectivity index (χ1v) is 8.33. The second-order valence-corrected chi connectivity index (χ2v) is 5.81. The van der Waals surface area contributed by atoms with Crippen molar-refractivity contribution in [1.82, 2.24) is 15.5 Å². The summed E-state index contributed by atoms with van der Waals surface area (Å²) >= 11 is 0. The molecule has 3 N–H and O–H groups in total. The Kier molecular flexibility index (Phi) is 10.2. The fourth-order valence-electron chi connectivity index (χ4n) is 2.76. The maximum absolute atomic E-state index is 12.9. The number of guanidine groups is 1. The Morgan fingerprint density at radius 1 is 1.29 bits per heavy atom. The monoisotopic (exact) mass is 450 g/mol. The molecule has 24 heavy (non-hydrogen) atoms. The zero-order valence-electron chi connectivity index (χ0n) is 14.2. The summed E-state index contributed by atoms with van der Waals surface area (Å²) < 4.78 is 12.9. The van der Waals surface area contributed by atoms with Gasteiger partial charge in [0.05, 0.1) is 13.2 Å². The lowest BCUT2D eigenvalue weighted by molar-refractivity contribution is 0.198. The number of hydrogen-bond donors (Lipinski definition) is 3. The lowest BCUT2D eigenvalue weighted by atomic mass is 10.0. The van der Waals surface area contributed by atoms with Gasteiger partial charge < -0.3 is 15.7 Å². The number of nitrogens with zero attached hydrogens (tertiary/aromatic N) is 2. The number of likely N-dealkylation sites (tertiary alicyclic amines) is 1. The number of aliphatic hydroxyl groups excluding tert-OH is 1. The van der Waals surface area contributed by atoms with E-state index in [9.17, 15) is 4.39 Å². The molecule has 1 aliphatic heterocycles. The molecular weight excluding hydrogens is 422 g/mol. The van der Waals surface area contributed by atoms with Crippen LogP contribution in [0, 0.1) is 5.82 Å². The highest BCUT2D eigenvalue weighted by atomic mass is 127. The van der Waals surface area contributed by atoms with E-state index in [0.717, 1.165) is 50.5 Å². The third-order valence-corrected chi connectivity index (χ3v) is 3.96. The normalized spacial score (nSPS) is 16.5. The van der Waals surface area contributed by atoms with Crippen molar-refractivity contribution < 1.29 is 9.50 Å². The van der Waals surface area contributed by atoms with Gasteiger partial charge in [0.15, 0.2) is 5.96 Å². The van der Waals surface area contributed by atoms with Gasteiger partial charge in [-0.25, -0.2) is 4.39 Å². The predicted octanol–water partition coefficient (Wildman–Crippen LogP) is 1.96. The van der Waals surface area contributed by atoms with E-state index in [-0.39, 0.29) is 36.4 Å². The maximum Gasteiger partial charge on any atom is 0.191 e. The van der Waals surface area contributed by atoms with Gasteiger partial charge >= 0.3 is 0 Å². The molecular formula is C17H28FIN4O. The molecule has 1 aromatic rings. The fourth-order valence-corrected chi connectivity index (χ4v) is 2.76. The molecule has 0 radical (unpaired) electrons. The molecule has 0 unspecified atom stereocenters. The van der Waals surface area contributed by atoms with Gasteiger partial charge in [-0.2, -0.15) is 0 Å². The van der Waals surface area contributed by atoms with Crippen LogP contribution in [0.5, 0.6) is 0 Å². The molecule has 0 aromatic heterocycles. The van der Waals surface area contributed by atoms with E-state index in [1.54, 1.807) is 0 Å². The molecule has 136 valence electrons. The van der Waals surface area contributed by atoms with Gasteiger partial charge in [0.2, 0.25) is 0 Å². The van der Waals surface area contributed by atoms with E-state index in [1.807, 2.05) is 19.1 Å². The van der Waals surface area contributed by atoms with Crippen molar-refractivity contribution in [3.63, 3.8) is 0 Å². The van der Waals surface area contributed by atoms with Crippen LogP contribution in [0.4, 0.5) is 4.39 Å². The number of aliphatic hydroxyl groups is 1. The number of hydrogen-bond acceptors (Lipinski definition) is 3. The molecule has 1 aromatic carbocycles. The van der Waals surface area contributed by atoms with Gasteiger partial charge in [-0.3, -0.25) is 9.89 Å². The standard InChI is InChI=1S/C17H27FN4O.HI/c1-2-19-17(20-9-12-23)21-16-7-10-22(11-8-16)13-14-3-5-15(18)6-4-14;/h3-6,16,23H,2,7-13H2,1H3,(H2,19,20,21);1H. The van der Waals surface area contributed by atoms with Crippen LogP contribution < -0.4 is 10.6 Å². The van der Waals surface area contributed by atoms with Crippen molar-refractivity contribution in [2.24, 2.45) is 4.99 Å². The van der Waals surface area contributed by atoms with Gasteiger partial charge in [0, 0.05) is 32.2 Å². The molecule has 0 atom stereocenters. The molecule has 1 heterocycles. The van der Waals surface area contributed by atoms with E-state index < -0.39 is 0 Å². The SMILES string of the molecule is CCNC(=NCCO)NC1CCN(Cc2ccc(F)cc2)CC1.I. The van der Waals surface area contributed by atoms with Crippen LogP contribution >= 0.6 is 24.0 Å². The summed E-state index contributed by atoms with van der Waals surface area (Å²) in [7, 11) is 0. The second kappa shape index (κ2) is 11.6. The molecule has 7 heteroatoms. The van der Waals surface area contributed by atoms with Gasteiger partial charge in [-0.15, -0.1) is 24.0 Å². The average Bonchev–Trinajstić information content (AvgIpc) is 2.57. The van der Waals surface area contributed by atoms with Crippen LogP contribution in [-0.4, -0.2) is 54.8 Å². The Hall–Kier alpha value is -0.930. The van der Waals surface area contributed by atoms with Crippen molar-refractivity contribution in [3.05, 3.63) is 35.6 Å². The van der Waals surface area contributed by atoms with Crippen LogP contribution in [0.25, 0.3) is 0 Å². The molecule has 1 aliphatic rings. The van der Waals surface area contributed by atoms with E-state index in [2.05, 4.69) is 20.5 Å². The quantitative estimate of drug-likeness (QED) is 0.353. The molecule has 1 saturated heterocycles. The first kappa shape index (κ1) is 21.1. The average molecular weight is 450 g/mol. The smallest absolute Gasteiger partial charge is 0.191 e. The number of benzene rings is 1. The van der Waals surface area contributed by atoms with Crippen molar-refractivity contribution >= 4 is 29.9 Å². The molecule has 0 bridgehead atoms. The summed E-state index contributed by atoms with van der Waals surface area (Å²) in [6.07, 6.45) is 2.09. The highest BCUT2D eigenvalue weighted by molar-refractivity contribution is 14.0. The van der Waals surface area contributed by atoms with Gasteiger partial charge in [-0.1, -0.05) is 12.1 Å². The lowest BCUT2D eigenvalue weighted by Gasteiger charge is -2.33. The number of nitrogens with one attached hydrogen (secondary N) is 2. The first-order valence-electron chi connectivity index (χ1n) is 8.33. The minimum absolute atomic E-state index is 0. The van der Waals surface area contributed by atoms with E-state index in [4.69, 9.17) is 5.11 Å². The molecule has 0 saturated carbocycles. The van der Waals surface area contributed by atoms with Gasteiger partial charge in [0.1, 0.15) is 5.82 Å². The Balaban J connectivity index is 0.00000288. The van der Waals surface area contributed by atoms with Crippen molar-refractivity contribution in [2.75, 3.05) is 32.8 Å². The Morgan fingerprint density at radius 2 is 1.96 bits per heavy atom. The van der Waals surface area contributed by atoms with Crippen molar-refractivity contribution in [1.29, 1.82) is 0 Å². The predicted molar refractivity (Wildman–Crippen MR) is 106 cm³/mol. The Labute approximate surface area is 160 Å². The minimum Gasteiger partial charge on any atom is -0.394 e. The molecule has 0 amide bonds. The zero-order valence-corrected chi connectivity index (χ0v) is 16.5. The number of rotatable bonds is 6. The summed E-state index contributed by atoms with van der Waals surface area (Å²) in [5.41, 5.74) is 1.15. The topological polar surface area (TPSA) is 59.9 Å². The summed E-state index contributed by atoms with van der Waals surface area (Å²) in [4.78, 5) is 6.71. The van der Waals surface area contributed by atoms with E-state index >= 15 is 0 Å². The summed E-state index contributed by atoms with van der Waals surface area (Å²) in [6.45, 7) is 6.20. The lowest BCUT2D eigenvalue weighted by Crippen LogP contribution is -2.48. The molecule has 1 fully saturated rings. The number of piperidine rings is 1. The number of halogens is 2. The summed E-state index contributed by atoms with van der Waals surface area (Å²) in [5.74, 6) is 0.591. The largest absolute Gasteiger partial charge is 0.394 e. The Morgan fingerprint density at radius 3 is 2.54 bits per heavy atom. The van der Waals surface area contributed by atoms with E-state index in [1.165, 1.54) is 12.1 Å². The third-order valence-electron chi connectivity index (χ3n) is 3.96. The molecule has 5 nitrogen and oxygen atoms in total.